The fourth-order valence-electron chi connectivity index (χ4n) is 1.28. The Morgan fingerprint density at radius 1 is 1.33 bits per heavy atom. The van der Waals surface area contributed by atoms with Gasteiger partial charge >= 0.3 is 0 Å². The van der Waals surface area contributed by atoms with Crippen molar-refractivity contribution in [1.82, 2.24) is 5.32 Å². The van der Waals surface area contributed by atoms with E-state index >= 15 is 0 Å². The number of hydrogen-bond acceptors (Lipinski definition) is 2. The minimum absolute atomic E-state index is 0.245. The first-order chi connectivity index (χ1) is 5.77. The van der Waals surface area contributed by atoms with Crippen molar-refractivity contribution >= 4 is 0 Å². The maximum Gasteiger partial charge on any atom is 0.136 e. The normalized spacial score (nSPS) is 21.0. The Bertz CT molecular complexity index is 97.2. The summed E-state index contributed by atoms with van der Waals surface area (Å²) in [6.45, 7) is 5.80. The molecule has 0 aromatic carbocycles. The molecule has 0 aromatic rings. The maximum atomic E-state index is 13.4. The lowest BCUT2D eigenvalue weighted by molar-refractivity contribution is 0.0183. The van der Waals surface area contributed by atoms with Gasteiger partial charge in [0, 0.05) is 7.11 Å². The number of alkyl halides is 1. The second-order valence-corrected chi connectivity index (χ2v) is 2.83. The highest BCUT2D eigenvalue weighted by molar-refractivity contribution is 4.84. The zero-order valence-electron chi connectivity index (χ0n) is 8.32. The van der Waals surface area contributed by atoms with E-state index < -0.39 is 5.67 Å². The van der Waals surface area contributed by atoms with Gasteiger partial charge < -0.3 is 10.1 Å². The van der Waals surface area contributed by atoms with Gasteiger partial charge in [0.1, 0.15) is 5.67 Å². The van der Waals surface area contributed by atoms with Crippen LogP contribution in [0.5, 0.6) is 0 Å². The SMILES string of the molecule is CC.COCC1(F)CCNCC1. The largest absolute Gasteiger partial charge is 0.381 e. The molecule has 1 heterocycles. The Hall–Kier alpha value is -0.150. The van der Waals surface area contributed by atoms with Crippen LogP contribution in [-0.2, 0) is 4.74 Å². The van der Waals surface area contributed by atoms with Gasteiger partial charge in [0.15, 0.2) is 0 Å². The Morgan fingerprint density at radius 3 is 2.25 bits per heavy atom. The van der Waals surface area contributed by atoms with E-state index in [4.69, 9.17) is 4.74 Å². The summed E-state index contributed by atoms with van der Waals surface area (Å²) in [4.78, 5) is 0. The quantitative estimate of drug-likeness (QED) is 0.694. The molecular formula is C9H20FNO. The van der Waals surface area contributed by atoms with Crippen LogP contribution in [-0.4, -0.2) is 32.5 Å². The van der Waals surface area contributed by atoms with Crippen LogP contribution in [0.4, 0.5) is 4.39 Å². The van der Waals surface area contributed by atoms with Gasteiger partial charge in [-0.2, -0.15) is 0 Å². The van der Waals surface area contributed by atoms with Gasteiger partial charge in [0.05, 0.1) is 6.61 Å². The fraction of sp³-hybridized carbons (Fsp3) is 1.00. The van der Waals surface area contributed by atoms with Crippen LogP contribution < -0.4 is 5.32 Å². The van der Waals surface area contributed by atoms with E-state index in [-0.39, 0.29) is 6.61 Å². The number of hydrogen-bond donors (Lipinski definition) is 1. The molecule has 1 saturated heterocycles. The third kappa shape index (κ3) is 4.02. The molecule has 1 fully saturated rings. The molecule has 0 atom stereocenters. The topological polar surface area (TPSA) is 21.3 Å². The number of piperidine rings is 1. The highest BCUT2D eigenvalue weighted by atomic mass is 19.1. The van der Waals surface area contributed by atoms with Crippen molar-refractivity contribution in [1.29, 1.82) is 0 Å². The standard InChI is InChI=1S/C7H14FNO.C2H6/c1-10-6-7(8)2-4-9-5-3-7;1-2/h9H,2-6H2,1H3;1-2H3. The summed E-state index contributed by atoms with van der Waals surface area (Å²) >= 11 is 0. The lowest BCUT2D eigenvalue weighted by Gasteiger charge is -2.28. The smallest absolute Gasteiger partial charge is 0.136 e. The van der Waals surface area contributed by atoms with E-state index in [0.717, 1.165) is 13.1 Å². The summed E-state index contributed by atoms with van der Waals surface area (Å²) in [5.41, 5.74) is -1.06. The van der Waals surface area contributed by atoms with Gasteiger partial charge in [-0.15, -0.1) is 0 Å². The van der Waals surface area contributed by atoms with Crippen molar-refractivity contribution in [3.63, 3.8) is 0 Å². The summed E-state index contributed by atoms with van der Waals surface area (Å²) in [6.07, 6.45) is 1.17. The molecule has 0 bridgehead atoms. The molecule has 0 radical (unpaired) electrons. The number of halogens is 1. The third-order valence-corrected chi connectivity index (χ3v) is 1.90. The molecule has 1 aliphatic rings. The fourth-order valence-corrected chi connectivity index (χ4v) is 1.28. The molecule has 0 spiro atoms. The minimum Gasteiger partial charge on any atom is -0.381 e. The van der Waals surface area contributed by atoms with Crippen LogP contribution in [0.15, 0.2) is 0 Å². The second kappa shape index (κ2) is 6.38. The van der Waals surface area contributed by atoms with E-state index in [1.165, 1.54) is 0 Å². The molecular weight excluding hydrogens is 157 g/mol. The Labute approximate surface area is 74.5 Å². The second-order valence-electron chi connectivity index (χ2n) is 2.83. The Kier molecular flexibility index (Phi) is 6.30. The van der Waals surface area contributed by atoms with Crippen LogP contribution in [0.2, 0.25) is 0 Å². The molecule has 0 amide bonds. The number of ether oxygens (including phenoxy) is 1. The van der Waals surface area contributed by atoms with Crippen LogP contribution >= 0.6 is 0 Å². The first-order valence-corrected chi connectivity index (χ1v) is 4.65. The van der Waals surface area contributed by atoms with E-state index in [0.29, 0.717) is 12.8 Å². The highest BCUT2D eigenvalue weighted by Crippen LogP contribution is 2.22. The van der Waals surface area contributed by atoms with E-state index in [1.54, 1.807) is 7.11 Å². The molecule has 74 valence electrons. The van der Waals surface area contributed by atoms with Gasteiger partial charge in [-0.1, -0.05) is 13.8 Å². The van der Waals surface area contributed by atoms with Gasteiger partial charge in [-0.25, -0.2) is 4.39 Å². The molecule has 2 nitrogen and oxygen atoms in total. The lowest BCUT2D eigenvalue weighted by Crippen LogP contribution is -2.41. The lowest BCUT2D eigenvalue weighted by atomic mass is 9.96. The summed E-state index contributed by atoms with van der Waals surface area (Å²) in [6, 6.07) is 0. The summed E-state index contributed by atoms with van der Waals surface area (Å²) in [5, 5.41) is 3.10. The van der Waals surface area contributed by atoms with Crippen LogP contribution in [0.25, 0.3) is 0 Å². The highest BCUT2D eigenvalue weighted by Gasteiger charge is 2.31. The van der Waals surface area contributed by atoms with Crippen LogP contribution in [0.3, 0.4) is 0 Å². The average molecular weight is 177 g/mol. The van der Waals surface area contributed by atoms with Crippen molar-refractivity contribution in [2.24, 2.45) is 0 Å². The summed E-state index contributed by atoms with van der Waals surface area (Å²) in [7, 11) is 1.55. The number of methoxy groups -OCH3 is 1. The van der Waals surface area contributed by atoms with Crippen molar-refractivity contribution in [3.05, 3.63) is 0 Å². The third-order valence-electron chi connectivity index (χ3n) is 1.90. The predicted octanol–water partition coefficient (Wildman–Crippen LogP) is 1.75. The molecule has 0 aliphatic carbocycles. The minimum atomic E-state index is -1.06. The Morgan fingerprint density at radius 2 is 1.83 bits per heavy atom. The molecule has 0 unspecified atom stereocenters. The first kappa shape index (κ1) is 11.8. The molecule has 1 N–H and O–H groups in total. The van der Waals surface area contributed by atoms with E-state index in [2.05, 4.69) is 5.32 Å². The monoisotopic (exact) mass is 177 g/mol. The molecule has 1 rings (SSSR count). The van der Waals surface area contributed by atoms with Gasteiger partial charge in [0.25, 0.3) is 0 Å². The average Bonchev–Trinajstić information content (AvgIpc) is 2.09. The number of nitrogens with one attached hydrogen (secondary N) is 1. The summed E-state index contributed by atoms with van der Waals surface area (Å²) < 4.78 is 18.2. The predicted molar refractivity (Wildman–Crippen MR) is 49.2 cm³/mol. The van der Waals surface area contributed by atoms with E-state index in [9.17, 15) is 4.39 Å². The Balaban J connectivity index is 0.000000561. The van der Waals surface area contributed by atoms with Crippen LogP contribution in [0.1, 0.15) is 26.7 Å². The van der Waals surface area contributed by atoms with Gasteiger partial charge in [-0.05, 0) is 25.9 Å². The van der Waals surface area contributed by atoms with Gasteiger partial charge in [-0.3, -0.25) is 0 Å². The molecule has 12 heavy (non-hydrogen) atoms. The summed E-state index contributed by atoms with van der Waals surface area (Å²) in [5.74, 6) is 0. The first-order valence-electron chi connectivity index (χ1n) is 4.65. The van der Waals surface area contributed by atoms with Crippen molar-refractivity contribution in [3.8, 4) is 0 Å². The van der Waals surface area contributed by atoms with E-state index in [1.807, 2.05) is 13.8 Å². The van der Waals surface area contributed by atoms with Crippen molar-refractivity contribution in [2.75, 3.05) is 26.8 Å². The van der Waals surface area contributed by atoms with Crippen molar-refractivity contribution < 1.29 is 9.13 Å². The zero-order valence-corrected chi connectivity index (χ0v) is 8.32. The molecule has 0 saturated carbocycles. The molecule has 0 aromatic heterocycles. The molecule has 3 heteroatoms. The van der Waals surface area contributed by atoms with Crippen molar-refractivity contribution in [2.45, 2.75) is 32.4 Å². The zero-order chi connectivity index (χ0) is 9.45. The van der Waals surface area contributed by atoms with Crippen LogP contribution in [0, 0.1) is 0 Å². The number of rotatable bonds is 2. The molecule has 1 aliphatic heterocycles. The maximum absolute atomic E-state index is 13.4. The van der Waals surface area contributed by atoms with Gasteiger partial charge in [0.2, 0.25) is 0 Å².